The van der Waals surface area contributed by atoms with E-state index in [9.17, 15) is 4.39 Å². The van der Waals surface area contributed by atoms with Gasteiger partial charge >= 0.3 is 0 Å². The minimum atomic E-state index is -0.142. The normalized spacial score (nSPS) is 25.4. The highest BCUT2D eigenvalue weighted by Gasteiger charge is 2.33. The lowest BCUT2D eigenvalue weighted by molar-refractivity contribution is 0.273. The maximum atomic E-state index is 13.2. The Labute approximate surface area is 103 Å². The van der Waals surface area contributed by atoms with Crippen LogP contribution >= 0.6 is 0 Å². The number of nitrogens with zero attached hydrogens (tertiary/aromatic N) is 1. The molecule has 1 heterocycles. The van der Waals surface area contributed by atoms with Crippen molar-refractivity contribution in [2.24, 2.45) is 5.92 Å². The van der Waals surface area contributed by atoms with Crippen molar-refractivity contribution >= 4 is 0 Å². The molecular formula is C14H21FN2. The first-order valence-electron chi connectivity index (χ1n) is 6.24. The van der Waals surface area contributed by atoms with Crippen LogP contribution in [-0.2, 0) is 0 Å². The predicted molar refractivity (Wildman–Crippen MR) is 68.5 cm³/mol. The molecule has 2 rings (SSSR count). The van der Waals surface area contributed by atoms with E-state index in [0.717, 1.165) is 18.7 Å². The Balaban J connectivity index is 2.29. The summed E-state index contributed by atoms with van der Waals surface area (Å²) in [6.07, 6.45) is 1.21. The van der Waals surface area contributed by atoms with Gasteiger partial charge in [0.05, 0.1) is 0 Å². The zero-order valence-electron chi connectivity index (χ0n) is 10.8. The van der Waals surface area contributed by atoms with Crippen LogP contribution in [0, 0.1) is 18.7 Å². The third-order valence-electron chi connectivity index (χ3n) is 3.79. The van der Waals surface area contributed by atoms with Gasteiger partial charge in [-0.25, -0.2) is 4.39 Å². The zero-order valence-corrected chi connectivity index (χ0v) is 10.8. The highest BCUT2D eigenvalue weighted by molar-refractivity contribution is 5.31. The van der Waals surface area contributed by atoms with Crippen molar-refractivity contribution in [1.82, 2.24) is 10.2 Å². The Bertz CT molecular complexity index is 390. The maximum absolute atomic E-state index is 13.2. The van der Waals surface area contributed by atoms with Crippen LogP contribution in [0.1, 0.15) is 23.6 Å². The van der Waals surface area contributed by atoms with Crippen LogP contribution < -0.4 is 5.32 Å². The molecule has 0 aromatic heterocycles. The van der Waals surface area contributed by atoms with Gasteiger partial charge < -0.3 is 5.32 Å². The SMILES string of the molecule is CNCC1CCN(C)C1c1ccc(F)cc1C. The first kappa shape index (κ1) is 12.5. The Kier molecular flexibility index (Phi) is 3.79. The van der Waals surface area contributed by atoms with Crippen molar-refractivity contribution in [2.45, 2.75) is 19.4 Å². The molecule has 1 saturated heterocycles. The van der Waals surface area contributed by atoms with Gasteiger partial charge in [0.1, 0.15) is 5.82 Å². The third kappa shape index (κ3) is 2.50. The number of rotatable bonds is 3. The molecule has 1 aromatic carbocycles. The topological polar surface area (TPSA) is 15.3 Å². The monoisotopic (exact) mass is 236 g/mol. The predicted octanol–water partition coefficient (Wildman–Crippen LogP) is 2.35. The fourth-order valence-electron chi connectivity index (χ4n) is 2.96. The fraction of sp³-hybridized carbons (Fsp3) is 0.571. The Morgan fingerprint density at radius 2 is 2.24 bits per heavy atom. The van der Waals surface area contributed by atoms with Crippen molar-refractivity contribution in [2.75, 3.05) is 27.2 Å². The molecule has 2 nitrogen and oxygen atoms in total. The first-order valence-corrected chi connectivity index (χ1v) is 6.24. The summed E-state index contributed by atoms with van der Waals surface area (Å²) in [5.41, 5.74) is 2.33. The zero-order chi connectivity index (χ0) is 12.4. The van der Waals surface area contributed by atoms with Crippen LogP contribution in [0.15, 0.2) is 18.2 Å². The first-order chi connectivity index (χ1) is 8.13. The van der Waals surface area contributed by atoms with E-state index in [4.69, 9.17) is 0 Å². The lowest BCUT2D eigenvalue weighted by atomic mass is 9.91. The van der Waals surface area contributed by atoms with Gasteiger partial charge in [0.2, 0.25) is 0 Å². The molecule has 3 heteroatoms. The average molecular weight is 236 g/mol. The van der Waals surface area contributed by atoms with Gasteiger partial charge in [0, 0.05) is 6.04 Å². The molecule has 1 N–H and O–H groups in total. The van der Waals surface area contributed by atoms with Gasteiger partial charge in [-0.1, -0.05) is 6.07 Å². The van der Waals surface area contributed by atoms with Crippen LogP contribution in [-0.4, -0.2) is 32.1 Å². The molecule has 2 unspecified atom stereocenters. The summed E-state index contributed by atoms with van der Waals surface area (Å²) < 4.78 is 13.2. The van der Waals surface area contributed by atoms with Gasteiger partial charge in [0.15, 0.2) is 0 Å². The molecule has 0 saturated carbocycles. The number of hydrogen-bond acceptors (Lipinski definition) is 2. The summed E-state index contributed by atoms with van der Waals surface area (Å²) in [5, 5.41) is 3.26. The molecule has 0 radical (unpaired) electrons. The summed E-state index contributed by atoms with van der Waals surface area (Å²) in [4.78, 5) is 2.38. The molecule has 0 amide bonds. The molecule has 1 aromatic rings. The summed E-state index contributed by atoms with van der Waals surface area (Å²) in [6.45, 7) is 4.14. The quantitative estimate of drug-likeness (QED) is 0.866. The maximum Gasteiger partial charge on any atom is 0.123 e. The van der Waals surface area contributed by atoms with E-state index in [1.165, 1.54) is 12.0 Å². The number of nitrogens with one attached hydrogen (secondary N) is 1. The van der Waals surface area contributed by atoms with E-state index in [1.54, 1.807) is 12.1 Å². The van der Waals surface area contributed by atoms with Crippen molar-refractivity contribution in [3.8, 4) is 0 Å². The van der Waals surface area contributed by atoms with E-state index < -0.39 is 0 Å². The number of halogens is 1. The van der Waals surface area contributed by atoms with Crippen molar-refractivity contribution < 1.29 is 4.39 Å². The van der Waals surface area contributed by atoms with Gasteiger partial charge in [-0.3, -0.25) is 4.90 Å². The van der Waals surface area contributed by atoms with E-state index in [0.29, 0.717) is 12.0 Å². The number of likely N-dealkylation sites (tertiary alicyclic amines) is 1. The Hall–Kier alpha value is -0.930. The molecule has 0 spiro atoms. The lowest BCUT2D eigenvalue weighted by Gasteiger charge is -2.27. The van der Waals surface area contributed by atoms with E-state index in [-0.39, 0.29) is 5.82 Å². The molecule has 0 aliphatic carbocycles. The minimum Gasteiger partial charge on any atom is -0.319 e. The van der Waals surface area contributed by atoms with Crippen LogP contribution in [0.3, 0.4) is 0 Å². The summed E-state index contributed by atoms with van der Waals surface area (Å²) >= 11 is 0. The average Bonchev–Trinajstić information content (AvgIpc) is 2.62. The summed E-state index contributed by atoms with van der Waals surface area (Å²) in [5.74, 6) is 0.478. The van der Waals surface area contributed by atoms with Crippen LogP contribution in [0.25, 0.3) is 0 Å². The van der Waals surface area contributed by atoms with E-state index >= 15 is 0 Å². The summed E-state index contributed by atoms with van der Waals surface area (Å²) in [6, 6.07) is 5.57. The molecule has 2 atom stereocenters. The lowest BCUT2D eigenvalue weighted by Crippen LogP contribution is -2.27. The molecule has 94 valence electrons. The van der Waals surface area contributed by atoms with Crippen molar-refractivity contribution in [3.63, 3.8) is 0 Å². The standard InChI is InChI=1S/C14H21FN2/c1-10-8-12(15)4-5-13(10)14-11(9-16-2)6-7-17(14)3/h4-5,8,11,14,16H,6-7,9H2,1-3H3. The van der Waals surface area contributed by atoms with Crippen molar-refractivity contribution in [1.29, 1.82) is 0 Å². The third-order valence-corrected chi connectivity index (χ3v) is 3.79. The van der Waals surface area contributed by atoms with E-state index in [1.807, 2.05) is 20.0 Å². The highest BCUT2D eigenvalue weighted by Crippen LogP contribution is 2.37. The molecule has 1 aliphatic heterocycles. The Morgan fingerprint density at radius 1 is 1.47 bits per heavy atom. The molecule has 17 heavy (non-hydrogen) atoms. The summed E-state index contributed by atoms with van der Waals surface area (Å²) in [7, 11) is 4.15. The number of benzene rings is 1. The molecule has 1 fully saturated rings. The second-order valence-electron chi connectivity index (χ2n) is 5.03. The van der Waals surface area contributed by atoms with Gasteiger partial charge in [-0.05, 0) is 69.7 Å². The van der Waals surface area contributed by atoms with Crippen LogP contribution in [0.2, 0.25) is 0 Å². The van der Waals surface area contributed by atoms with Gasteiger partial charge in [0.25, 0.3) is 0 Å². The number of aryl methyl sites for hydroxylation is 1. The fourth-order valence-corrected chi connectivity index (χ4v) is 2.96. The molecular weight excluding hydrogens is 215 g/mol. The minimum absolute atomic E-state index is 0.142. The van der Waals surface area contributed by atoms with E-state index in [2.05, 4.69) is 17.3 Å². The van der Waals surface area contributed by atoms with Gasteiger partial charge in [-0.2, -0.15) is 0 Å². The second kappa shape index (κ2) is 5.15. The largest absolute Gasteiger partial charge is 0.319 e. The number of hydrogen-bond donors (Lipinski definition) is 1. The van der Waals surface area contributed by atoms with Gasteiger partial charge in [-0.15, -0.1) is 0 Å². The smallest absolute Gasteiger partial charge is 0.123 e. The van der Waals surface area contributed by atoms with Crippen LogP contribution in [0.5, 0.6) is 0 Å². The second-order valence-corrected chi connectivity index (χ2v) is 5.03. The van der Waals surface area contributed by atoms with Crippen molar-refractivity contribution in [3.05, 3.63) is 35.1 Å². The molecule has 0 bridgehead atoms. The highest BCUT2D eigenvalue weighted by atomic mass is 19.1. The molecule has 1 aliphatic rings. The van der Waals surface area contributed by atoms with Crippen LogP contribution in [0.4, 0.5) is 4.39 Å². The Morgan fingerprint density at radius 3 is 2.88 bits per heavy atom.